The fraction of sp³-hybridized carbons (Fsp3) is 1.00. The number of rotatable bonds is 4. The van der Waals surface area contributed by atoms with E-state index in [0.717, 1.165) is 38.5 Å². The first kappa shape index (κ1) is 13.3. The fourth-order valence-electron chi connectivity index (χ4n) is 3.32. The maximum atomic E-state index is 10.7. The average Bonchev–Trinajstić information content (AvgIpc) is 2.71. The third-order valence-corrected chi connectivity index (χ3v) is 4.56. The van der Waals surface area contributed by atoms with Crippen molar-refractivity contribution in [2.75, 3.05) is 26.8 Å². The predicted octanol–water partition coefficient (Wildman–Crippen LogP) is 2.04. The first-order valence-electron chi connectivity index (χ1n) is 7.08. The molecule has 0 radical (unpaired) electrons. The molecular weight excluding hydrogens is 214 g/mol. The minimum Gasteiger partial charge on any atom is -0.389 e. The van der Waals surface area contributed by atoms with Crippen LogP contribution >= 0.6 is 0 Å². The Kier molecular flexibility index (Phi) is 4.45. The summed E-state index contributed by atoms with van der Waals surface area (Å²) in [5.41, 5.74) is -0.428. The van der Waals surface area contributed by atoms with E-state index in [1.165, 1.54) is 25.7 Å². The Bertz CT molecular complexity index is 236. The van der Waals surface area contributed by atoms with E-state index in [-0.39, 0.29) is 0 Å². The van der Waals surface area contributed by atoms with Crippen LogP contribution in [0.1, 0.15) is 45.4 Å². The molecule has 0 bridgehead atoms. The van der Waals surface area contributed by atoms with E-state index < -0.39 is 5.60 Å². The monoisotopic (exact) mass is 241 g/mol. The minimum atomic E-state index is -0.428. The highest BCUT2D eigenvalue weighted by Gasteiger charge is 2.36. The van der Waals surface area contributed by atoms with Crippen molar-refractivity contribution in [1.82, 2.24) is 4.90 Å². The number of nitrogens with zero attached hydrogens (tertiary/aromatic N) is 1. The zero-order chi connectivity index (χ0) is 12.3. The molecule has 2 rings (SSSR count). The zero-order valence-electron chi connectivity index (χ0n) is 11.3. The van der Waals surface area contributed by atoms with Crippen molar-refractivity contribution in [3.63, 3.8) is 0 Å². The van der Waals surface area contributed by atoms with E-state index >= 15 is 0 Å². The second-order valence-corrected chi connectivity index (χ2v) is 6.13. The summed E-state index contributed by atoms with van der Waals surface area (Å²) in [6, 6.07) is 0.531. The van der Waals surface area contributed by atoms with Crippen LogP contribution in [0.25, 0.3) is 0 Å². The first-order chi connectivity index (χ1) is 8.13. The Hall–Kier alpha value is -0.120. The van der Waals surface area contributed by atoms with Gasteiger partial charge in [0.25, 0.3) is 0 Å². The maximum absolute atomic E-state index is 10.7. The third kappa shape index (κ3) is 3.43. The predicted molar refractivity (Wildman–Crippen MR) is 69.1 cm³/mol. The van der Waals surface area contributed by atoms with E-state index in [1.807, 2.05) is 0 Å². The normalized spacial score (nSPS) is 39.7. The van der Waals surface area contributed by atoms with Crippen molar-refractivity contribution in [3.8, 4) is 0 Å². The highest BCUT2D eigenvalue weighted by molar-refractivity contribution is 4.91. The molecule has 3 heteroatoms. The second-order valence-electron chi connectivity index (χ2n) is 6.13. The molecule has 100 valence electrons. The van der Waals surface area contributed by atoms with Crippen LogP contribution < -0.4 is 0 Å². The molecule has 0 spiro atoms. The van der Waals surface area contributed by atoms with Crippen LogP contribution in [-0.2, 0) is 4.74 Å². The van der Waals surface area contributed by atoms with Crippen molar-refractivity contribution < 1.29 is 9.84 Å². The molecule has 2 fully saturated rings. The lowest BCUT2D eigenvalue weighted by Crippen LogP contribution is -2.47. The van der Waals surface area contributed by atoms with Crippen molar-refractivity contribution in [2.24, 2.45) is 5.92 Å². The summed E-state index contributed by atoms with van der Waals surface area (Å²) in [7, 11) is 1.77. The van der Waals surface area contributed by atoms with Crippen LogP contribution in [-0.4, -0.2) is 48.5 Å². The molecule has 1 heterocycles. The third-order valence-electron chi connectivity index (χ3n) is 4.56. The first-order valence-corrected chi connectivity index (χ1v) is 7.08. The molecule has 1 aliphatic carbocycles. The Balaban J connectivity index is 1.86. The molecule has 17 heavy (non-hydrogen) atoms. The molecule has 2 aliphatic rings. The van der Waals surface area contributed by atoms with Crippen LogP contribution in [0.15, 0.2) is 0 Å². The van der Waals surface area contributed by atoms with Crippen molar-refractivity contribution in [1.29, 1.82) is 0 Å². The zero-order valence-corrected chi connectivity index (χ0v) is 11.3. The molecular formula is C14H27NO2. The standard InChI is InChI=1S/C14H27NO2/c1-12-5-7-14(16,8-6-12)11-15-9-3-4-13(15)10-17-2/h12-13,16H,3-11H2,1-2H3. The molecule has 1 aliphatic heterocycles. The van der Waals surface area contributed by atoms with E-state index in [4.69, 9.17) is 4.74 Å². The molecule has 0 aromatic rings. The van der Waals surface area contributed by atoms with Gasteiger partial charge in [-0.1, -0.05) is 6.92 Å². The van der Waals surface area contributed by atoms with Crippen LogP contribution in [0.4, 0.5) is 0 Å². The number of ether oxygens (including phenoxy) is 1. The van der Waals surface area contributed by atoms with Gasteiger partial charge in [-0.2, -0.15) is 0 Å². The Morgan fingerprint density at radius 3 is 2.65 bits per heavy atom. The van der Waals surface area contributed by atoms with E-state index in [1.54, 1.807) is 7.11 Å². The number of hydrogen-bond donors (Lipinski definition) is 1. The topological polar surface area (TPSA) is 32.7 Å². The molecule has 0 aromatic heterocycles. The lowest BCUT2D eigenvalue weighted by atomic mass is 9.79. The SMILES string of the molecule is COCC1CCCN1CC1(O)CCC(C)CC1. The number of aliphatic hydroxyl groups is 1. The summed E-state index contributed by atoms with van der Waals surface area (Å²) < 4.78 is 5.27. The minimum absolute atomic E-state index is 0.428. The summed E-state index contributed by atoms with van der Waals surface area (Å²) in [6.07, 6.45) is 6.79. The number of methoxy groups -OCH3 is 1. The van der Waals surface area contributed by atoms with Gasteiger partial charge in [0.15, 0.2) is 0 Å². The lowest BCUT2D eigenvalue weighted by molar-refractivity contribution is -0.0428. The van der Waals surface area contributed by atoms with E-state index in [2.05, 4.69) is 11.8 Å². The summed E-state index contributed by atoms with van der Waals surface area (Å²) in [5.74, 6) is 0.795. The van der Waals surface area contributed by atoms with Crippen molar-refractivity contribution in [2.45, 2.75) is 57.1 Å². The molecule has 1 saturated heterocycles. The fourth-order valence-corrected chi connectivity index (χ4v) is 3.32. The van der Waals surface area contributed by atoms with Gasteiger partial charge in [-0.3, -0.25) is 4.90 Å². The molecule has 1 atom stereocenters. The van der Waals surface area contributed by atoms with Crippen molar-refractivity contribution >= 4 is 0 Å². The Labute approximate surface area is 105 Å². The van der Waals surface area contributed by atoms with Gasteiger partial charge in [-0.15, -0.1) is 0 Å². The average molecular weight is 241 g/mol. The van der Waals surface area contributed by atoms with Gasteiger partial charge in [-0.05, 0) is 51.0 Å². The van der Waals surface area contributed by atoms with Crippen LogP contribution in [0.3, 0.4) is 0 Å². The summed E-state index contributed by atoms with van der Waals surface area (Å²) in [4.78, 5) is 2.44. The highest BCUT2D eigenvalue weighted by Crippen LogP contribution is 2.33. The van der Waals surface area contributed by atoms with Crippen LogP contribution in [0, 0.1) is 5.92 Å². The largest absolute Gasteiger partial charge is 0.389 e. The Morgan fingerprint density at radius 2 is 2.00 bits per heavy atom. The smallest absolute Gasteiger partial charge is 0.0774 e. The summed E-state index contributed by atoms with van der Waals surface area (Å²) in [5, 5.41) is 10.7. The molecule has 1 N–H and O–H groups in total. The van der Waals surface area contributed by atoms with Crippen molar-refractivity contribution in [3.05, 3.63) is 0 Å². The van der Waals surface area contributed by atoms with Gasteiger partial charge < -0.3 is 9.84 Å². The molecule has 1 unspecified atom stereocenters. The number of likely N-dealkylation sites (tertiary alicyclic amines) is 1. The lowest BCUT2D eigenvalue weighted by Gasteiger charge is -2.39. The van der Waals surface area contributed by atoms with Gasteiger partial charge in [0.1, 0.15) is 0 Å². The van der Waals surface area contributed by atoms with Gasteiger partial charge >= 0.3 is 0 Å². The van der Waals surface area contributed by atoms with Gasteiger partial charge in [0.2, 0.25) is 0 Å². The van der Waals surface area contributed by atoms with Gasteiger partial charge in [0, 0.05) is 19.7 Å². The second kappa shape index (κ2) is 5.68. The molecule has 1 saturated carbocycles. The van der Waals surface area contributed by atoms with Crippen LogP contribution in [0.2, 0.25) is 0 Å². The summed E-state index contributed by atoms with van der Waals surface area (Å²) in [6.45, 7) is 5.09. The molecule has 0 aromatic carbocycles. The molecule has 3 nitrogen and oxygen atoms in total. The number of β-amino-alcohol motifs (C(OH)–C–C–N with tert-alkyl or cyclic N) is 1. The van der Waals surface area contributed by atoms with Gasteiger partial charge in [-0.25, -0.2) is 0 Å². The highest BCUT2D eigenvalue weighted by atomic mass is 16.5. The van der Waals surface area contributed by atoms with Gasteiger partial charge in [0.05, 0.1) is 12.2 Å². The van der Waals surface area contributed by atoms with E-state index in [0.29, 0.717) is 6.04 Å². The quantitative estimate of drug-likeness (QED) is 0.817. The van der Waals surface area contributed by atoms with Crippen LogP contribution in [0.5, 0.6) is 0 Å². The molecule has 0 amide bonds. The van der Waals surface area contributed by atoms with E-state index in [9.17, 15) is 5.11 Å². The number of hydrogen-bond acceptors (Lipinski definition) is 3. The maximum Gasteiger partial charge on any atom is 0.0774 e. The summed E-state index contributed by atoms with van der Waals surface area (Å²) >= 11 is 0. The Morgan fingerprint density at radius 1 is 1.29 bits per heavy atom.